The lowest BCUT2D eigenvalue weighted by Gasteiger charge is -2.21. The smallest absolute Gasteiger partial charge is 0.253 e. The maximum Gasteiger partial charge on any atom is 0.253 e. The van der Waals surface area contributed by atoms with Gasteiger partial charge >= 0.3 is 0 Å². The second-order valence-corrected chi connectivity index (χ2v) is 5.91. The third kappa shape index (κ3) is 3.18. The first-order chi connectivity index (χ1) is 11.1. The molecule has 0 fully saturated rings. The number of nitrogens with one attached hydrogen (secondary N) is 2. The van der Waals surface area contributed by atoms with Gasteiger partial charge in [-0.15, -0.1) is 0 Å². The molecule has 0 bridgehead atoms. The van der Waals surface area contributed by atoms with Crippen molar-refractivity contribution < 1.29 is 9.18 Å². The molecule has 1 aliphatic rings. The van der Waals surface area contributed by atoms with Gasteiger partial charge in [-0.05, 0) is 68.0 Å². The summed E-state index contributed by atoms with van der Waals surface area (Å²) >= 11 is 0. The van der Waals surface area contributed by atoms with E-state index < -0.39 is 0 Å². The Labute approximate surface area is 133 Å². The number of rotatable bonds is 3. The van der Waals surface area contributed by atoms with Gasteiger partial charge in [-0.25, -0.2) is 4.39 Å². The first-order valence-corrected chi connectivity index (χ1v) is 7.83. The van der Waals surface area contributed by atoms with E-state index in [2.05, 4.69) is 10.3 Å². The van der Waals surface area contributed by atoms with Crippen molar-refractivity contribution in [2.75, 3.05) is 0 Å². The molecule has 0 aliphatic heterocycles. The Kier molecular flexibility index (Phi) is 4.28. The Morgan fingerprint density at radius 3 is 2.52 bits per heavy atom. The fraction of sp³-hybridized carbons (Fsp3) is 0.333. The average Bonchev–Trinajstić information content (AvgIpc) is 2.55. The first-order valence-electron chi connectivity index (χ1n) is 7.83. The molecule has 2 aromatic rings. The number of aromatic amines is 1. The van der Waals surface area contributed by atoms with Gasteiger partial charge in [-0.2, -0.15) is 0 Å². The lowest BCUT2D eigenvalue weighted by Crippen LogP contribution is -2.30. The van der Waals surface area contributed by atoms with Gasteiger partial charge in [0.15, 0.2) is 0 Å². The molecule has 0 atom stereocenters. The van der Waals surface area contributed by atoms with Crippen LogP contribution >= 0.6 is 0 Å². The average molecular weight is 314 g/mol. The van der Waals surface area contributed by atoms with Gasteiger partial charge in [0.25, 0.3) is 11.5 Å². The van der Waals surface area contributed by atoms with Crippen molar-refractivity contribution in [1.82, 2.24) is 10.3 Å². The van der Waals surface area contributed by atoms with Gasteiger partial charge in [0.05, 0.1) is 0 Å². The number of benzene rings is 1. The van der Waals surface area contributed by atoms with Crippen molar-refractivity contribution in [3.8, 4) is 0 Å². The van der Waals surface area contributed by atoms with Gasteiger partial charge in [-0.1, -0.05) is 0 Å². The molecular formula is C18H19FN2O2. The Morgan fingerprint density at radius 2 is 1.83 bits per heavy atom. The number of hydrogen-bond acceptors (Lipinski definition) is 2. The summed E-state index contributed by atoms with van der Waals surface area (Å²) < 4.78 is 12.9. The van der Waals surface area contributed by atoms with E-state index in [1.54, 1.807) is 0 Å². The highest BCUT2D eigenvalue weighted by atomic mass is 19.1. The number of fused-ring (bicyclic) bond motifs is 1. The molecule has 0 saturated carbocycles. The third-order valence-corrected chi connectivity index (χ3v) is 4.39. The van der Waals surface area contributed by atoms with Crippen LogP contribution in [0.4, 0.5) is 4.39 Å². The predicted molar refractivity (Wildman–Crippen MR) is 86.0 cm³/mol. The van der Waals surface area contributed by atoms with Gasteiger partial charge < -0.3 is 10.3 Å². The number of pyridine rings is 1. The minimum Gasteiger partial charge on any atom is -0.348 e. The standard InChI is InChI=1S/C18H19FN2O2/c1-11-14-4-2-3-5-15(14)16(18(23)21-11)10-20-17(22)12-6-8-13(19)9-7-12/h6-9H,2-5,10H2,1H3,(H,20,22)(H,21,23). The van der Waals surface area contributed by atoms with Gasteiger partial charge in [0.2, 0.25) is 0 Å². The number of H-pyrrole nitrogens is 1. The highest BCUT2D eigenvalue weighted by Crippen LogP contribution is 2.24. The lowest BCUT2D eigenvalue weighted by atomic mass is 9.88. The van der Waals surface area contributed by atoms with Crippen LogP contribution < -0.4 is 10.9 Å². The van der Waals surface area contributed by atoms with E-state index >= 15 is 0 Å². The number of hydrogen-bond donors (Lipinski definition) is 2. The predicted octanol–water partition coefficient (Wildman–Crippen LogP) is 2.63. The molecule has 4 nitrogen and oxygen atoms in total. The highest BCUT2D eigenvalue weighted by molar-refractivity contribution is 5.94. The summed E-state index contributed by atoms with van der Waals surface area (Å²) in [6.45, 7) is 2.11. The molecule has 0 spiro atoms. The molecule has 1 aliphatic carbocycles. The number of carbonyl (C=O) groups is 1. The minimum atomic E-state index is -0.384. The number of halogens is 1. The second kappa shape index (κ2) is 6.36. The summed E-state index contributed by atoms with van der Waals surface area (Å²) in [6, 6.07) is 5.35. The van der Waals surface area contributed by atoms with Crippen LogP contribution in [0, 0.1) is 12.7 Å². The van der Waals surface area contributed by atoms with Crippen LogP contribution in [0.5, 0.6) is 0 Å². The maximum atomic E-state index is 12.9. The van der Waals surface area contributed by atoms with Gasteiger partial charge in [0.1, 0.15) is 5.82 Å². The molecule has 0 radical (unpaired) electrons. The first kappa shape index (κ1) is 15.5. The molecule has 0 saturated heterocycles. The molecule has 1 aromatic carbocycles. The number of carbonyl (C=O) groups excluding carboxylic acids is 1. The van der Waals surface area contributed by atoms with Crippen LogP contribution in [0.3, 0.4) is 0 Å². The zero-order chi connectivity index (χ0) is 16.4. The van der Waals surface area contributed by atoms with Gasteiger partial charge in [-0.3, -0.25) is 9.59 Å². The molecule has 1 heterocycles. The lowest BCUT2D eigenvalue weighted by molar-refractivity contribution is 0.0950. The van der Waals surface area contributed by atoms with Crippen molar-refractivity contribution in [1.29, 1.82) is 0 Å². The number of amides is 1. The van der Waals surface area contributed by atoms with Crippen LogP contribution in [0.1, 0.15) is 45.6 Å². The van der Waals surface area contributed by atoms with E-state index in [-0.39, 0.29) is 23.8 Å². The minimum absolute atomic E-state index is 0.137. The van der Waals surface area contributed by atoms with Crippen LogP contribution in [0.2, 0.25) is 0 Å². The summed E-state index contributed by atoms with van der Waals surface area (Å²) in [5, 5.41) is 2.76. The zero-order valence-corrected chi connectivity index (χ0v) is 13.0. The number of aryl methyl sites for hydroxylation is 1. The molecule has 3 rings (SSSR count). The quantitative estimate of drug-likeness (QED) is 0.915. The zero-order valence-electron chi connectivity index (χ0n) is 13.0. The van der Waals surface area contributed by atoms with E-state index in [0.29, 0.717) is 11.1 Å². The van der Waals surface area contributed by atoms with Crippen LogP contribution in [-0.2, 0) is 19.4 Å². The van der Waals surface area contributed by atoms with Crippen molar-refractivity contribution in [3.05, 3.63) is 68.4 Å². The Balaban J connectivity index is 1.82. The summed E-state index contributed by atoms with van der Waals surface area (Å²) in [5.41, 5.74) is 4.10. The van der Waals surface area contributed by atoms with Crippen molar-refractivity contribution in [3.63, 3.8) is 0 Å². The Hall–Kier alpha value is -2.43. The Morgan fingerprint density at radius 1 is 1.17 bits per heavy atom. The molecule has 5 heteroatoms. The largest absolute Gasteiger partial charge is 0.348 e. The molecule has 2 N–H and O–H groups in total. The van der Waals surface area contributed by atoms with E-state index in [0.717, 1.165) is 36.9 Å². The van der Waals surface area contributed by atoms with Crippen LogP contribution in [0.25, 0.3) is 0 Å². The molecule has 120 valence electrons. The fourth-order valence-corrected chi connectivity index (χ4v) is 3.17. The number of aromatic nitrogens is 1. The SMILES string of the molecule is Cc1[nH]c(=O)c(CNC(=O)c2ccc(F)cc2)c2c1CCCC2. The second-order valence-electron chi connectivity index (χ2n) is 5.91. The monoisotopic (exact) mass is 314 g/mol. The van der Waals surface area contributed by atoms with Crippen molar-refractivity contribution >= 4 is 5.91 Å². The fourth-order valence-electron chi connectivity index (χ4n) is 3.17. The normalized spacial score (nSPS) is 13.5. The van der Waals surface area contributed by atoms with Crippen LogP contribution in [0.15, 0.2) is 29.1 Å². The van der Waals surface area contributed by atoms with Crippen LogP contribution in [-0.4, -0.2) is 10.9 Å². The summed E-state index contributed by atoms with van der Waals surface area (Å²) in [5.74, 6) is -0.694. The Bertz CT molecular complexity index is 794. The van der Waals surface area contributed by atoms with E-state index in [9.17, 15) is 14.0 Å². The summed E-state index contributed by atoms with van der Waals surface area (Å²) in [7, 11) is 0. The molecule has 1 amide bonds. The van der Waals surface area contributed by atoms with E-state index in [4.69, 9.17) is 0 Å². The van der Waals surface area contributed by atoms with Crippen molar-refractivity contribution in [2.45, 2.75) is 39.2 Å². The molecule has 0 unspecified atom stereocenters. The highest BCUT2D eigenvalue weighted by Gasteiger charge is 2.19. The maximum absolute atomic E-state index is 12.9. The molecular weight excluding hydrogens is 295 g/mol. The molecule has 23 heavy (non-hydrogen) atoms. The van der Waals surface area contributed by atoms with E-state index in [1.807, 2.05) is 6.92 Å². The summed E-state index contributed by atoms with van der Waals surface area (Å²) in [4.78, 5) is 27.3. The topological polar surface area (TPSA) is 62.0 Å². The van der Waals surface area contributed by atoms with Gasteiger partial charge in [0, 0.05) is 23.4 Å². The third-order valence-electron chi connectivity index (χ3n) is 4.39. The van der Waals surface area contributed by atoms with Crippen molar-refractivity contribution in [2.24, 2.45) is 0 Å². The molecule has 1 aromatic heterocycles. The van der Waals surface area contributed by atoms with E-state index in [1.165, 1.54) is 29.8 Å². The summed E-state index contributed by atoms with van der Waals surface area (Å²) in [6.07, 6.45) is 4.04.